The average Bonchev–Trinajstić information content (AvgIpc) is 3.39. The van der Waals surface area contributed by atoms with E-state index in [-0.39, 0.29) is 18.5 Å². The molecule has 6 heteroatoms. The van der Waals surface area contributed by atoms with Crippen molar-refractivity contribution in [2.75, 3.05) is 13.2 Å². The zero-order valence-corrected chi connectivity index (χ0v) is 49.1. The molecule has 0 aromatic heterocycles. The SMILES string of the molecule is CCCCC/C=C\C/C=C\CCCCCCCCCCCC(=O)OCCCCCCCCCCCCCCCC(=O)NC(CO)C(O)/C=C/CCCCCCCCCCCCCCCCCCCCCCCC. The van der Waals surface area contributed by atoms with Crippen LogP contribution in [0.25, 0.3) is 0 Å². The number of carbonyl (C=O) groups is 2. The molecule has 0 saturated carbocycles. The van der Waals surface area contributed by atoms with Crippen molar-refractivity contribution in [1.82, 2.24) is 5.32 Å². The number of unbranched alkanes of at least 4 members (excludes halogenated alkanes) is 46. The van der Waals surface area contributed by atoms with Gasteiger partial charge in [-0.2, -0.15) is 0 Å². The van der Waals surface area contributed by atoms with Crippen LogP contribution in [0.1, 0.15) is 354 Å². The highest BCUT2D eigenvalue weighted by Crippen LogP contribution is 2.18. The van der Waals surface area contributed by atoms with E-state index < -0.39 is 12.1 Å². The molecule has 0 heterocycles. The second kappa shape index (κ2) is 62.6. The van der Waals surface area contributed by atoms with E-state index in [1.807, 2.05) is 6.08 Å². The van der Waals surface area contributed by atoms with E-state index in [0.29, 0.717) is 19.4 Å². The zero-order valence-electron chi connectivity index (χ0n) is 49.1. The first-order chi connectivity index (χ1) is 36.0. The molecule has 0 aromatic carbocycles. The summed E-state index contributed by atoms with van der Waals surface area (Å²) in [7, 11) is 0. The lowest BCUT2D eigenvalue weighted by Gasteiger charge is -2.20. The highest BCUT2D eigenvalue weighted by atomic mass is 16.5. The molecule has 0 aliphatic rings. The predicted octanol–water partition coefficient (Wildman–Crippen LogP) is 20.8. The van der Waals surface area contributed by atoms with Crippen LogP contribution in [0.3, 0.4) is 0 Å². The summed E-state index contributed by atoms with van der Waals surface area (Å²) in [6, 6.07) is -0.640. The lowest BCUT2D eigenvalue weighted by atomic mass is 10.0. The first-order valence-electron chi connectivity index (χ1n) is 32.8. The summed E-state index contributed by atoms with van der Waals surface area (Å²) in [6.07, 6.45) is 79.0. The standard InChI is InChI=1S/C67H127NO5/c1-3-5-7-9-11-13-15-17-19-21-23-24-25-26-27-29-30-32-35-39-43-47-51-55-59-65(70)64(63-69)68-66(71)60-56-52-48-44-40-36-34-38-42-46-50-54-58-62-73-67(72)61-57-53-49-45-41-37-33-31-28-22-20-18-16-14-12-10-8-6-4-2/h12,14,18,20,55,59,64-65,69-70H,3-11,13,15-17,19,21-54,56-58,60-63H2,1-2H3,(H,68,71)/b14-12-,20-18-,59-55+. The quantitative estimate of drug-likeness (QED) is 0.0320. The molecule has 0 bridgehead atoms. The number of carbonyl (C=O) groups excluding carboxylic acids is 2. The number of hydrogen-bond acceptors (Lipinski definition) is 5. The Morgan fingerprint density at radius 1 is 0.384 bits per heavy atom. The Bertz CT molecular complexity index is 1180. The molecular weight excluding hydrogens is 899 g/mol. The van der Waals surface area contributed by atoms with Crippen LogP contribution in [0.4, 0.5) is 0 Å². The fraction of sp³-hybridized carbons (Fsp3) is 0.881. The van der Waals surface area contributed by atoms with Crippen molar-refractivity contribution in [3.05, 3.63) is 36.5 Å². The van der Waals surface area contributed by atoms with Gasteiger partial charge in [0, 0.05) is 12.8 Å². The van der Waals surface area contributed by atoms with Crippen LogP contribution in [-0.4, -0.2) is 47.4 Å². The molecule has 430 valence electrons. The second-order valence-corrected chi connectivity index (χ2v) is 22.5. The Balaban J connectivity index is 3.46. The van der Waals surface area contributed by atoms with Gasteiger partial charge in [0.1, 0.15) is 0 Å². The fourth-order valence-electron chi connectivity index (χ4n) is 10.1. The summed E-state index contributed by atoms with van der Waals surface area (Å²) in [5, 5.41) is 23.2. The maximum atomic E-state index is 12.5. The minimum Gasteiger partial charge on any atom is -0.466 e. The number of allylic oxidation sites excluding steroid dienone is 5. The Morgan fingerprint density at radius 2 is 0.685 bits per heavy atom. The first-order valence-corrected chi connectivity index (χ1v) is 32.8. The largest absolute Gasteiger partial charge is 0.466 e. The van der Waals surface area contributed by atoms with E-state index in [2.05, 4.69) is 43.5 Å². The molecule has 0 fully saturated rings. The van der Waals surface area contributed by atoms with Gasteiger partial charge < -0.3 is 20.3 Å². The van der Waals surface area contributed by atoms with Gasteiger partial charge in [-0.3, -0.25) is 9.59 Å². The number of aliphatic hydroxyl groups excluding tert-OH is 2. The maximum absolute atomic E-state index is 12.5. The molecule has 0 spiro atoms. The number of nitrogens with one attached hydrogen (secondary N) is 1. The molecule has 0 rings (SSSR count). The van der Waals surface area contributed by atoms with Gasteiger partial charge in [-0.25, -0.2) is 0 Å². The molecule has 1 amide bonds. The molecule has 6 nitrogen and oxygen atoms in total. The highest BCUT2D eigenvalue weighted by molar-refractivity contribution is 5.76. The van der Waals surface area contributed by atoms with Crippen LogP contribution in [-0.2, 0) is 14.3 Å². The molecule has 2 unspecified atom stereocenters. The van der Waals surface area contributed by atoms with Gasteiger partial charge in [-0.1, -0.05) is 314 Å². The number of ether oxygens (including phenoxy) is 1. The van der Waals surface area contributed by atoms with Gasteiger partial charge in [0.25, 0.3) is 0 Å². The van der Waals surface area contributed by atoms with E-state index in [9.17, 15) is 19.8 Å². The third-order valence-corrected chi connectivity index (χ3v) is 15.2. The number of esters is 1. The van der Waals surface area contributed by atoms with Crippen molar-refractivity contribution < 1.29 is 24.5 Å². The Hall–Kier alpha value is -1.92. The average molecular weight is 1030 g/mol. The van der Waals surface area contributed by atoms with Crippen molar-refractivity contribution in [3.63, 3.8) is 0 Å². The van der Waals surface area contributed by atoms with E-state index in [4.69, 9.17) is 4.74 Å². The molecule has 0 radical (unpaired) electrons. The monoisotopic (exact) mass is 1030 g/mol. The van der Waals surface area contributed by atoms with Gasteiger partial charge in [-0.05, 0) is 64.2 Å². The Morgan fingerprint density at radius 3 is 1.07 bits per heavy atom. The van der Waals surface area contributed by atoms with Crippen molar-refractivity contribution >= 4 is 11.9 Å². The van der Waals surface area contributed by atoms with Crippen LogP contribution in [0.15, 0.2) is 36.5 Å². The van der Waals surface area contributed by atoms with E-state index >= 15 is 0 Å². The Kier molecular flexibility index (Phi) is 61.0. The van der Waals surface area contributed by atoms with E-state index in [1.54, 1.807) is 6.08 Å². The molecule has 0 aromatic rings. The number of aliphatic hydroxyl groups is 2. The minimum atomic E-state index is -0.855. The molecule has 3 N–H and O–H groups in total. The van der Waals surface area contributed by atoms with Gasteiger partial charge in [0.15, 0.2) is 0 Å². The number of hydrogen-bond donors (Lipinski definition) is 3. The van der Waals surface area contributed by atoms with E-state index in [0.717, 1.165) is 64.2 Å². The summed E-state index contributed by atoms with van der Waals surface area (Å²) < 4.78 is 5.49. The normalized spacial score (nSPS) is 12.8. The van der Waals surface area contributed by atoms with Crippen molar-refractivity contribution in [3.8, 4) is 0 Å². The first kappa shape index (κ1) is 71.1. The number of amides is 1. The summed E-state index contributed by atoms with van der Waals surface area (Å²) in [5.41, 5.74) is 0. The van der Waals surface area contributed by atoms with Crippen molar-refractivity contribution in [2.24, 2.45) is 0 Å². The summed E-state index contributed by atoms with van der Waals surface area (Å²) >= 11 is 0. The summed E-state index contributed by atoms with van der Waals surface area (Å²) in [4.78, 5) is 24.6. The van der Waals surface area contributed by atoms with Crippen LogP contribution in [0.5, 0.6) is 0 Å². The topological polar surface area (TPSA) is 95.9 Å². The zero-order chi connectivity index (χ0) is 52.9. The Labute approximate surface area is 455 Å². The highest BCUT2D eigenvalue weighted by Gasteiger charge is 2.18. The molecule has 0 saturated heterocycles. The third-order valence-electron chi connectivity index (χ3n) is 15.2. The summed E-state index contributed by atoms with van der Waals surface area (Å²) in [6.45, 7) is 4.88. The van der Waals surface area contributed by atoms with Crippen molar-refractivity contribution in [2.45, 2.75) is 366 Å². The van der Waals surface area contributed by atoms with Gasteiger partial charge in [-0.15, -0.1) is 0 Å². The van der Waals surface area contributed by atoms with Crippen molar-refractivity contribution in [1.29, 1.82) is 0 Å². The number of rotatable bonds is 61. The van der Waals surface area contributed by atoms with E-state index in [1.165, 1.54) is 263 Å². The van der Waals surface area contributed by atoms with Gasteiger partial charge in [0.2, 0.25) is 5.91 Å². The lowest BCUT2D eigenvalue weighted by molar-refractivity contribution is -0.143. The molecular formula is C67H127NO5. The third kappa shape index (κ3) is 59.2. The molecule has 0 aliphatic carbocycles. The predicted molar refractivity (Wildman–Crippen MR) is 319 cm³/mol. The van der Waals surface area contributed by atoms with Crippen LogP contribution < -0.4 is 5.32 Å². The van der Waals surface area contributed by atoms with Gasteiger partial charge >= 0.3 is 5.97 Å². The molecule has 73 heavy (non-hydrogen) atoms. The molecule has 2 atom stereocenters. The fourth-order valence-corrected chi connectivity index (χ4v) is 10.1. The second-order valence-electron chi connectivity index (χ2n) is 22.5. The molecule has 0 aliphatic heterocycles. The minimum absolute atomic E-state index is 0.00983. The van der Waals surface area contributed by atoms with Crippen LogP contribution in [0.2, 0.25) is 0 Å². The lowest BCUT2D eigenvalue weighted by Crippen LogP contribution is -2.45. The van der Waals surface area contributed by atoms with Crippen LogP contribution in [0, 0.1) is 0 Å². The van der Waals surface area contributed by atoms with Crippen LogP contribution >= 0.6 is 0 Å². The maximum Gasteiger partial charge on any atom is 0.305 e. The smallest absolute Gasteiger partial charge is 0.305 e. The summed E-state index contributed by atoms with van der Waals surface area (Å²) in [5.74, 6) is -0.0875. The van der Waals surface area contributed by atoms with Gasteiger partial charge in [0.05, 0.1) is 25.4 Å².